The number of benzene rings is 1. The van der Waals surface area contributed by atoms with E-state index in [4.69, 9.17) is 0 Å². The van der Waals surface area contributed by atoms with Crippen LogP contribution in [-0.4, -0.2) is 41.0 Å². The third-order valence-corrected chi connectivity index (χ3v) is 5.59. The molecule has 0 spiro atoms. The van der Waals surface area contributed by atoms with Crippen LogP contribution in [0.2, 0.25) is 0 Å². The monoisotopic (exact) mass is 426 g/mol. The van der Waals surface area contributed by atoms with Crippen molar-refractivity contribution >= 4 is 28.8 Å². The Hall–Kier alpha value is -2.39. The zero-order chi connectivity index (χ0) is 21.0. The molecule has 0 aliphatic carbocycles. The number of alkyl halides is 3. The third-order valence-electron chi connectivity index (χ3n) is 4.86. The van der Waals surface area contributed by atoms with Crippen molar-refractivity contribution in [2.24, 2.45) is 0 Å². The second kappa shape index (κ2) is 8.96. The molecule has 1 aliphatic rings. The topological polar surface area (TPSA) is 69.6 Å². The number of carbonyl (C=O) groups excluding carboxylic acids is 2. The van der Waals surface area contributed by atoms with Gasteiger partial charge in [-0.2, -0.15) is 24.5 Å². The molecule has 1 aromatic heterocycles. The van der Waals surface area contributed by atoms with Gasteiger partial charge in [0.1, 0.15) is 0 Å². The number of halogens is 3. The van der Waals surface area contributed by atoms with Gasteiger partial charge in [0.25, 0.3) is 5.91 Å². The summed E-state index contributed by atoms with van der Waals surface area (Å²) in [7, 11) is 0. The summed E-state index contributed by atoms with van der Waals surface area (Å²) in [6.07, 6.45) is -2.77. The SMILES string of the molecule is O=C(CCc1ccsc1)Nc1cc(C(=O)N2CCCC2CO)cc(C(F)(F)F)c1. The van der Waals surface area contributed by atoms with Gasteiger partial charge in [-0.1, -0.05) is 0 Å². The standard InChI is InChI=1S/C20H21F3N2O3S/c21-20(22,23)15-8-14(19(28)25-6-1-2-17(25)11-26)9-16(10-15)24-18(27)4-3-13-5-7-29-12-13/h5,7-10,12,17,26H,1-4,6,11H2,(H,24,27). The maximum Gasteiger partial charge on any atom is 0.416 e. The molecular formula is C20H21F3N2O3S. The number of amides is 2. The Morgan fingerprint density at radius 3 is 2.72 bits per heavy atom. The van der Waals surface area contributed by atoms with Crippen molar-refractivity contribution in [1.29, 1.82) is 0 Å². The molecule has 2 amide bonds. The summed E-state index contributed by atoms with van der Waals surface area (Å²) < 4.78 is 40.0. The fourth-order valence-corrected chi connectivity index (χ4v) is 4.06. The van der Waals surface area contributed by atoms with E-state index in [1.54, 1.807) is 0 Å². The predicted octanol–water partition coefficient (Wildman–Crippen LogP) is 3.94. The fourth-order valence-electron chi connectivity index (χ4n) is 3.36. The van der Waals surface area contributed by atoms with Crippen molar-refractivity contribution in [2.45, 2.75) is 37.9 Å². The van der Waals surface area contributed by atoms with Crippen molar-refractivity contribution in [3.63, 3.8) is 0 Å². The summed E-state index contributed by atoms with van der Waals surface area (Å²) >= 11 is 1.50. The van der Waals surface area contributed by atoms with Gasteiger partial charge in [-0.05, 0) is 59.9 Å². The second-order valence-corrected chi connectivity index (χ2v) is 7.73. The van der Waals surface area contributed by atoms with Crippen LogP contribution < -0.4 is 5.32 Å². The highest BCUT2D eigenvalue weighted by Crippen LogP contribution is 2.33. The van der Waals surface area contributed by atoms with Crippen LogP contribution in [0.5, 0.6) is 0 Å². The third kappa shape index (κ3) is 5.36. The molecule has 1 aromatic carbocycles. The predicted molar refractivity (Wildman–Crippen MR) is 104 cm³/mol. The molecule has 1 atom stereocenters. The molecule has 1 unspecified atom stereocenters. The Morgan fingerprint density at radius 1 is 1.28 bits per heavy atom. The number of thiophene rings is 1. The molecule has 2 heterocycles. The molecule has 2 N–H and O–H groups in total. The first-order valence-corrected chi connectivity index (χ1v) is 10.2. The Bertz CT molecular complexity index is 868. The molecule has 1 aliphatic heterocycles. The van der Waals surface area contributed by atoms with Gasteiger partial charge < -0.3 is 15.3 Å². The summed E-state index contributed by atoms with van der Waals surface area (Å²) in [5.41, 5.74) is -0.253. The highest BCUT2D eigenvalue weighted by molar-refractivity contribution is 7.07. The maximum absolute atomic E-state index is 13.3. The van der Waals surface area contributed by atoms with Crippen LogP contribution in [0.1, 0.15) is 40.7 Å². The Kier molecular flexibility index (Phi) is 6.59. The van der Waals surface area contributed by atoms with E-state index in [0.717, 1.165) is 17.7 Å². The van der Waals surface area contributed by atoms with Crippen LogP contribution in [0, 0.1) is 0 Å². The quantitative estimate of drug-likeness (QED) is 0.735. The van der Waals surface area contributed by atoms with Crippen LogP contribution in [0.4, 0.5) is 18.9 Å². The van der Waals surface area contributed by atoms with E-state index in [-0.39, 0.29) is 24.3 Å². The average Bonchev–Trinajstić information content (AvgIpc) is 3.36. The van der Waals surface area contributed by atoms with E-state index in [0.29, 0.717) is 25.8 Å². The van der Waals surface area contributed by atoms with Crippen LogP contribution in [0.25, 0.3) is 0 Å². The molecule has 3 rings (SSSR count). The number of likely N-dealkylation sites (tertiary alicyclic amines) is 1. The number of aryl methyl sites for hydroxylation is 1. The molecule has 0 radical (unpaired) electrons. The molecular weight excluding hydrogens is 405 g/mol. The zero-order valence-corrected chi connectivity index (χ0v) is 16.4. The minimum atomic E-state index is -4.66. The minimum Gasteiger partial charge on any atom is -0.394 e. The van der Waals surface area contributed by atoms with E-state index in [1.165, 1.54) is 22.3 Å². The number of anilines is 1. The number of rotatable bonds is 6. The minimum absolute atomic E-state index is 0.0711. The molecule has 1 saturated heterocycles. The summed E-state index contributed by atoms with van der Waals surface area (Å²) in [5.74, 6) is -1.01. The van der Waals surface area contributed by atoms with Gasteiger partial charge in [-0.25, -0.2) is 0 Å². The van der Waals surface area contributed by atoms with Crippen molar-refractivity contribution < 1.29 is 27.9 Å². The highest BCUT2D eigenvalue weighted by Gasteiger charge is 2.34. The summed E-state index contributed by atoms with van der Waals surface area (Å²) in [5, 5.41) is 15.7. The lowest BCUT2D eigenvalue weighted by molar-refractivity contribution is -0.137. The highest BCUT2D eigenvalue weighted by atomic mass is 32.1. The molecule has 0 bridgehead atoms. The van der Waals surface area contributed by atoms with Gasteiger partial charge in [0.2, 0.25) is 5.91 Å². The van der Waals surface area contributed by atoms with E-state index >= 15 is 0 Å². The van der Waals surface area contributed by atoms with Crippen LogP contribution in [-0.2, 0) is 17.4 Å². The number of hydrogen-bond acceptors (Lipinski definition) is 4. The Morgan fingerprint density at radius 2 is 2.07 bits per heavy atom. The van der Waals surface area contributed by atoms with Crippen LogP contribution >= 0.6 is 11.3 Å². The van der Waals surface area contributed by atoms with Gasteiger partial charge >= 0.3 is 6.18 Å². The average molecular weight is 426 g/mol. The Labute approximate surface area is 170 Å². The Balaban J connectivity index is 1.80. The molecule has 29 heavy (non-hydrogen) atoms. The van der Waals surface area contributed by atoms with Crippen molar-refractivity contribution in [2.75, 3.05) is 18.5 Å². The number of nitrogens with zero attached hydrogens (tertiary/aromatic N) is 1. The number of nitrogens with one attached hydrogen (secondary N) is 1. The smallest absolute Gasteiger partial charge is 0.394 e. The largest absolute Gasteiger partial charge is 0.416 e. The lowest BCUT2D eigenvalue weighted by Crippen LogP contribution is -2.37. The van der Waals surface area contributed by atoms with E-state index in [2.05, 4.69) is 5.32 Å². The van der Waals surface area contributed by atoms with Gasteiger partial charge in [-0.3, -0.25) is 9.59 Å². The second-order valence-electron chi connectivity index (χ2n) is 6.95. The van der Waals surface area contributed by atoms with E-state index in [9.17, 15) is 27.9 Å². The van der Waals surface area contributed by atoms with Crippen molar-refractivity contribution in [3.8, 4) is 0 Å². The number of aliphatic hydroxyl groups excluding tert-OH is 1. The number of hydrogen-bond donors (Lipinski definition) is 2. The normalized spacial score (nSPS) is 16.8. The first kappa shape index (κ1) is 21.3. The number of carbonyl (C=O) groups is 2. The first-order chi connectivity index (χ1) is 13.8. The van der Waals surface area contributed by atoms with E-state index < -0.39 is 29.6 Å². The first-order valence-electron chi connectivity index (χ1n) is 9.23. The van der Waals surface area contributed by atoms with E-state index in [1.807, 2.05) is 16.8 Å². The van der Waals surface area contributed by atoms with Crippen molar-refractivity contribution in [3.05, 3.63) is 51.7 Å². The summed E-state index contributed by atoms with van der Waals surface area (Å²) in [4.78, 5) is 26.3. The molecule has 5 nitrogen and oxygen atoms in total. The summed E-state index contributed by atoms with van der Waals surface area (Å²) in [6.45, 7) is 0.138. The van der Waals surface area contributed by atoms with Gasteiger partial charge in [0.05, 0.1) is 18.2 Å². The van der Waals surface area contributed by atoms with Gasteiger partial charge in [0.15, 0.2) is 0 Å². The maximum atomic E-state index is 13.3. The van der Waals surface area contributed by atoms with Gasteiger partial charge in [-0.15, -0.1) is 0 Å². The van der Waals surface area contributed by atoms with Gasteiger partial charge in [0, 0.05) is 24.2 Å². The molecule has 0 saturated carbocycles. The van der Waals surface area contributed by atoms with Crippen LogP contribution in [0.15, 0.2) is 35.0 Å². The lowest BCUT2D eigenvalue weighted by atomic mass is 10.1. The lowest BCUT2D eigenvalue weighted by Gasteiger charge is -2.24. The zero-order valence-electron chi connectivity index (χ0n) is 15.5. The fraction of sp³-hybridized carbons (Fsp3) is 0.400. The number of aliphatic hydroxyl groups is 1. The molecule has 1 fully saturated rings. The molecule has 156 valence electrons. The summed E-state index contributed by atoms with van der Waals surface area (Å²) in [6, 6.07) is 4.35. The molecule has 2 aromatic rings. The van der Waals surface area contributed by atoms with Crippen LogP contribution in [0.3, 0.4) is 0 Å². The molecule has 9 heteroatoms. The van der Waals surface area contributed by atoms with Crippen molar-refractivity contribution in [1.82, 2.24) is 4.90 Å².